The first-order valence-corrected chi connectivity index (χ1v) is 12.7. The normalized spacial score (nSPS) is 11.8. The fraction of sp³-hybridized carbons (Fsp3) is 0.188. The van der Waals surface area contributed by atoms with E-state index in [1.54, 1.807) is 25.4 Å². The number of rotatable bonds is 10. The lowest BCUT2D eigenvalue weighted by Gasteiger charge is -2.17. The van der Waals surface area contributed by atoms with Gasteiger partial charge in [-0.2, -0.15) is 0 Å². The van der Waals surface area contributed by atoms with E-state index in [0.29, 0.717) is 19.5 Å². The van der Waals surface area contributed by atoms with Gasteiger partial charge in [-0.3, -0.25) is 9.78 Å². The van der Waals surface area contributed by atoms with Crippen LogP contribution in [0.5, 0.6) is 5.75 Å². The third kappa shape index (κ3) is 5.92. The number of nitrogens with zero attached hydrogens (tertiary/aromatic N) is 2. The number of amides is 1. The minimum absolute atomic E-state index is 0.0535. The molecule has 192 valence electrons. The molecule has 0 saturated heterocycles. The van der Waals surface area contributed by atoms with Crippen molar-refractivity contribution in [3.8, 4) is 5.75 Å². The molecular formula is C32H30FN3O2. The molecule has 5 aromatic rings. The maximum Gasteiger partial charge on any atom is 0.220 e. The number of nitrogens with one attached hydrogen (secondary N) is 1. The number of methoxy groups -OCH3 is 1. The summed E-state index contributed by atoms with van der Waals surface area (Å²) in [5.74, 6) is 0.237. The van der Waals surface area contributed by atoms with Crippen molar-refractivity contribution in [2.75, 3.05) is 13.7 Å². The van der Waals surface area contributed by atoms with Gasteiger partial charge >= 0.3 is 0 Å². The first-order chi connectivity index (χ1) is 18.6. The van der Waals surface area contributed by atoms with Gasteiger partial charge in [0.25, 0.3) is 0 Å². The van der Waals surface area contributed by atoms with Gasteiger partial charge in [0.1, 0.15) is 11.6 Å². The molecule has 1 atom stereocenters. The molecule has 1 N–H and O–H groups in total. The first kappa shape index (κ1) is 25.2. The van der Waals surface area contributed by atoms with Crippen molar-refractivity contribution < 1.29 is 13.9 Å². The van der Waals surface area contributed by atoms with Crippen molar-refractivity contribution in [3.63, 3.8) is 0 Å². The summed E-state index contributed by atoms with van der Waals surface area (Å²) in [6, 6.07) is 28.5. The van der Waals surface area contributed by atoms with Gasteiger partial charge < -0.3 is 14.6 Å². The van der Waals surface area contributed by atoms with E-state index >= 15 is 0 Å². The number of para-hydroxylation sites is 1. The molecule has 0 aliphatic heterocycles. The zero-order valence-electron chi connectivity index (χ0n) is 21.3. The van der Waals surface area contributed by atoms with Gasteiger partial charge in [0.15, 0.2) is 0 Å². The number of aromatic nitrogens is 2. The molecule has 0 saturated carbocycles. The highest BCUT2D eigenvalue weighted by Crippen LogP contribution is 2.35. The number of benzene rings is 3. The quantitative estimate of drug-likeness (QED) is 0.248. The SMILES string of the molecule is COc1ccc(Cn2cc([C@@H](CC(=O)NCCc3ccccn3)c3ccc(F)cc3)c3ccccc32)cc1. The Morgan fingerprint density at radius 1 is 0.974 bits per heavy atom. The molecule has 0 unspecified atom stereocenters. The molecule has 0 aliphatic rings. The van der Waals surface area contributed by atoms with Crippen molar-refractivity contribution >= 4 is 16.8 Å². The van der Waals surface area contributed by atoms with E-state index in [1.807, 2.05) is 42.5 Å². The molecule has 0 aliphatic carbocycles. The van der Waals surface area contributed by atoms with Crippen molar-refractivity contribution in [1.82, 2.24) is 14.9 Å². The topological polar surface area (TPSA) is 56.1 Å². The summed E-state index contributed by atoms with van der Waals surface area (Å²) >= 11 is 0. The van der Waals surface area contributed by atoms with Crippen molar-refractivity contribution in [2.24, 2.45) is 0 Å². The lowest BCUT2D eigenvalue weighted by molar-refractivity contribution is -0.121. The highest BCUT2D eigenvalue weighted by Gasteiger charge is 2.23. The smallest absolute Gasteiger partial charge is 0.220 e. The van der Waals surface area contributed by atoms with Crippen LogP contribution in [-0.2, 0) is 17.8 Å². The fourth-order valence-corrected chi connectivity index (χ4v) is 4.85. The maximum absolute atomic E-state index is 13.8. The van der Waals surface area contributed by atoms with E-state index in [-0.39, 0.29) is 24.1 Å². The minimum Gasteiger partial charge on any atom is -0.497 e. The Morgan fingerprint density at radius 3 is 2.47 bits per heavy atom. The molecule has 0 bridgehead atoms. The number of hydrogen-bond donors (Lipinski definition) is 1. The Bertz CT molecular complexity index is 1500. The van der Waals surface area contributed by atoms with Crippen LogP contribution in [0.15, 0.2) is 103 Å². The lowest BCUT2D eigenvalue weighted by atomic mass is 9.88. The van der Waals surface area contributed by atoms with Crippen LogP contribution in [0.2, 0.25) is 0 Å². The summed E-state index contributed by atoms with van der Waals surface area (Å²) < 4.78 is 21.3. The summed E-state index contributed by atoms with van der Waals surface area (Å²) in [5.41, 5.74) is 5.10. The van der Waals surface area contributed by atoms with Crippen molar-refractivity contribution in [2.45, 2.75) is 25.3 Å². The minimum atomic E-state index is -0.297. The zero-order valence-corrected chi connectivity index (χ0v) is 21.3. The molecule has 38 heavy (non-hydrogen) atoms. The number of halogens is 1. The summed E-state index contributed by atoms with van der Waals surface area (Å²) in [7, 11) is 1.66. The molecule has 6 heteroatoms. The molecule has 3 aromatic carbocycles. The third-order valence-corrected chi connectivity index (χ3v) is 6.80. The van der Waals surface area contributed by atoms with Gasteiger partial charge in [0, 0.05) is 60.8 Å². The fourth-order valence-electron chi connectivity index (χ4n) is 4.85. The van der Waals surface area contributed by atoms with Crippen LogP contribution in [0.25, 0.3) is 10.9 Å². The van der Waals surface area contributed by atoms with E-state index in [0.717, 1.165) is 39.0 Å². The predicted molar refractivity (Wildman–Crippen MR) is 148 cm³/mol. The molecule has 0 fully saturated rings. The first-order valence-electron chi connectivity index (χ1n) is 12.7. The van der Waals surface area contributed by atoms with Crippen LogP contribution >= 0.6 is 0 Å². The second-order valence-corrected chi connectivity index (χ2v) is 9.31. The van der Waals surface area contributed by atoms with Gasteiger partial charge in [-0.1, -0.05) is 48.5 Å². The number of pyridine rings is 1. The van der Waals surface area contributed by atoms with E-state index in [9.17, 15) is 9.18 Å². The lowest BCUT2D eigenvalue weighted by Crippen LogP contribution is -2.27. The standard InChI is InChI=1S/C32H30FN3O2/c1-38-27-15-9-23(10-16-27)21-36-22-30(28-7-2-3-8-31(28)36)29(24-11-13-25(33)14-12-24)20-32(37)35-19-17-26-6-4-5-18-34-26/h2-16,18,22,29H,17,19-21H2,1H3,(H,35,37)/t29-/m0/s1. The van der Waals surface area contributed by atoms with Crippen LogP contribution in [0.3, 0.4) is 0 Å². The van der Waals surface area contributed by atoms with Crippen LogP contribution in [-0.4, -0.2) is 29.1 Å². The average molecular weight is 508 g/mol. The van der Waals surface area contributed by atoms with Crippen LogP contribution in [0.4, 0.5) is 4.39 Å². The number of ether oxygens (including phenoxy) is 1. The number of carbonyl (C=O) groups is 1. The second kappa shape index (κ2) is 11.7. The Morgan fingerprint density at radius 2 is 1.74 bits per heavy atom. The van der Waals surface area contributed by atoms with Gasteiger partial charge in [0.2, 0.25) is 5.91 Å². The van der Waals surface area contributed by atoms with Gasteiger partial charge in [-0.15, -0.1) is 0 Å². The predicted octanol–water partition coefficient (Wildman–Crippen LogP) is 6.11. The monoisotopic (exact) mass is 507 g/mol. The summed E-state index contributed by atoms with van der Waals surface area (Å²) in [6.07, 6.45) is 4.80. The summed E-state index contributed by atoms with van der Waals surface area (Å²) in [5, 5.41) is 4.13. The summed E-state index contributed by atoms with van der Waals surface area (Å²) in [4.78, 5) is 17.5. The highest BCUT2D eigenvalue weighted by atomic mass is 19.1. The molecule has 0 radical (unpaired) electrons. The molecule has 0 spiro atoms. The molecule has 2 heterocycles. The highest BCUT2D eigenvalue weighted by molar-refractivity contribution is 5.86. The maximum atomic E-state index is 13.8. The molecule has 5 nitrogen and oxygen atoms in total. The number of carbonyl (C=O) groups excluding carboxylic acids is 1. The largest absolute Gasteiger partial charge is 0.497 e. The molecule has 2 aromatic heterocycles. The molecular weight excluding hydrogens is 477 g/mol. The van der Waals surface area contributed by atoms with Gasteiger partial charge in [-0.05, 0) is 59.2 Å². The van der Waals surface area contributed by atoms with E-state index < -0.39 is 0 Å². The van der Waals surface area contributed by atoms with E-state index in [1.165, 1.54) is 12.1 Å². The molecule has 1 amide bonds. The van der Waals surface area contributed by atoms with Gasteiger partial charge in [0.05, 0.1) is 7.11 Å². The number of hydrogen-bond acceptors (Lipinski definition) is 3. The Balaban J connectivity index is 1.43. The van der Waals surface area contributed by atoms with E-state index in [2.05, 4.69) is 45.3 Å². The van der Waals surface area contributed by atoms with Crippen LogP contribution < -0.4 is 10.1 Å². The number of fused-ring (bicyclic) bond motifs is 1. The zero-order chi connectivity index (χ0) is 26.3. The Hall–Kier alpha value is -4.45. The van der Waals surface area contributed by atoms with E-state index in [4.69, 9.17) is 4.74 Å². The Labute approximate surface area is 221 Å². The van der Waals surface area contributed by atoms with Crippen LogP contribution in [0.1, 0.15) is 34.7 Å². The average Bonchev–Trinajstić information content (AvgIpc) is 3.31. The van der Waals surface area contributed by atoms with Crippen molar-refractivity contribution in [1.29, 1.82) is 0 Å². The summed E-state index contributed by atoms with van der Waals surface area (Å²) in [6.45, 7) is 1.18. The van der Waals surface area contributed by atoms with Crippen molar-refractivity contribution in [3.05, 3.63) is 132 Å². The van der Waals surface area contributed by atoms with Crippen LogP contribution in [0, 0.1) is 5.82 Å². The van der Waals surface area contributed by atoms with Gasteiger partial charge in [-0.25, -0.2) is 4.39 Å². The Kier molecular flexibility index (Phi) is 7.78. The third-order valence-electron chi connectivity index (χ3n) is 6.80. The molecule has 5 rings (SSSR count). The second-order valence-electron chi connectivity index (χ2n) is 9.31.